The molecule has 0 spiro atoms. The predicted molar refractivity (Wildman–Crippen MR) is 54.9 cm³/mol. The summed E-state index contributed by atoms with van der Waals surface area (Å²) < 4.78 is 26.5. The number of pyridine rings is 1. The molecule has 1 N–H and O–H groups in total. The zero-order chi connectivity index (χ0) is 11.1. The average Bonchev–Trinajstić information content (AvgIpc) is 2.14. The highest BCUT2D eigenvalue weighted by molar-refractivity contribution is 9.10. The van der Waals surface area contributed by atoms with E-state index in [0.29, 0.717) is 5.69 Å². The molecule has 2 nitrogen and oxygen atoms in total. The van der Waals surface area contributed by atoms with Gasteiger partial charge < -0.3 is 5.11 Å². The van der Waals surface area contributed by atoms with Gasteiger partial charge in [-0.15, -0.1) is 0 Å². The topological polar surface area (TPSA) is 33.1 Å². The van der Waals surface area contributed by atoms with Crippen LogP contribution in [0.15, 0.2) is 22.8 Å². The summed E-state index contributed by atoms with van der Waals surface area (Å²) in [5.41, 5.74) is -0.302. The Bertz CT molecular complexity index is 358. The molecule has 1 aliphatic rings. The molecule has 0 amide bonds. The quantitative estimate of drug-likeness (QED) is 0.901. The first-order valence-corrected chi connectivity index (χ1v) is 5.38. The van der Waals surface area contributed by atoms with Gasteiger partial charge in [0.05, 0.1) is 6.61 Å². The molecule has 0 unspecified atom stereocenters. The molecule has 0 aromatic carbocycles. The van der Waals surface area contributed by atoms with Crippen molar-refractivity contribution in [1.82, 2.24) is 4.98 Å². The minimum Gasteiger partial charge on any atom is -0.395 e. The van der Waals surface area contributed by atoms with E-state index in [-0.39, 0.29) is 19.4 Å². The second kappa shape index (κ2) is 3.49. The Morgan fingerprint density at radius 3 is 2.47 bits per heavy atom. The van der Waals surface area contributed by atoms with Gasteiger partial charge in [0.1, 0.15) is 0 Å². The van der Waals surface area contributed by atoms with Crippen LogP contribution in [0.1, 0.15) is 18.5 Å². The molecular weight excluding hydrogens is 268 g/mol. The fourth-order valence-electron chi connectivity index (χ4n) is 2.00. The lowest BCUT2D eigenvalue weighted by Gasteiger charge is -2.45. The van der Waals surface area contributed by atoms with Gasteiger partial charge in [0.15, 0.2) is 0 Å². The fourth-order valence-corrected chi connectivity index (χ4v) is 2.24. The molecule has 1 aromatic heterocycles. The van der Waals surface area contributed by atoms with Gasteiger partial charge in [-0.05, 0) is 28.1 Å². The van der Waals surface area contributed by atoms with Crippen molar-refractivity contribution in [3.63, 3.8) is 0 Å². The van der Waals surface area contributed by atoms with Crippen LogP contribution in [-0.2, 0) is 5.41 Å². The van der Waals surface area contributed by atoms with Gasteiger partial charge in [-0.1, -0.05) is 0 Å². The van der Waals surface area contributed by atoms with E-state index in [1.54, 1.807) is 18.3 Å². The summed E-state index contributed by atoms with van der Waals surface area (Å²) in [5, 5.41) is 9.21. The molecule has 0 saturated heterocycles. The summed E-state index contributed by atoms with van der Waals surface area (Å²) >= 11 is 3.22. The Kier molecular flexibility index (Phi) is 2.55. The van der Waals surface area contributed by atoms with Gasteiger partial charge in [0, 0.05) is 34.6 Å². The first kappa shape index (κ1) is 11.0. The van der Waals surface area contributed by atoms with Crippen molar-refractivity contribution in [2.75, 3.05) is 6.61 Å². The Morgan fingerprint density at radius 1 is 1.40 bits per heavy atom. The highest BCUT2D eigenvalue weighted by Crippen LogP contribution is 2.52. The first-order valence-electron chi connectivity index (χ1n) is 4.58. The van der Waals surface area contributed by atoms with E-state index in [1.807, 2.05) is 0 Å². The molecule has 1 saturated carbocycles. The van der Waals surface area contributed by atoms with Crippen molar-refractivity contribution in [3.8, 4) is 0 Å². The van der Waals surface area contributed by atoms with Crippen LogP contribution in [0.4, 0.5) is 8.78 Å². The zero-order valence-corrected chi connectivity index (χ0v) is 9.47. The molecule has 2 rings (SSSR count). The van der Waals surface area contributed by atoms with Crippen LogP contribution in [0.25, 0.3) is 0 Å². The van der Waals surface area contributed by atoms with E-state index >= 15 is 0 Å². The number of hydrogen-bond donors (Lipinski definition) is 1. The lowest BCUT2D eigenvalue weighted by molar-refractivity contribution is -0.141. The van der Waals surface area contributed by atoms with Crippen molar-refractivity contribution in [2.24, 2.45) is 0 Å². The Labute approximate surface area is 94.5 Å². The van der Waals surface area contributed by atoms with Crippen LogP contribution in [-0.4, -0.2) is 22.6 Å². The van der Waals surface area contributed by atoms with Crippen molar-refractivity contribution in [2.45, 2.75) is 24.2 Å². The third-order valence-corrected chi connectivity index (χ3v) is 3.24. The molecule has 0 aliphatic heterocycles. The zero-order valence-electron chi connectivity index (χ0n) is 7.88. The van der Waals surface area contributed by atoms with Crippen LogP contribution in [0.3, 0.4) is 0 Å². The number of aromatic nitrogens is 1. The van der Waals surface area contributed by atoms with Crippen LogP contribution >= 0.6 is 15.9 Å². The molecule has 1 aromatic rings. The maximum atomic E-state index is 12.8. The van der Waals surface area contributed by atoms with Gasteiger partial charge >= 0.3 is 0 Å². The predicted octanol–water partition coefficient (Wildman–Crippen LogP) is 2.50. The molecule has 5 heteroatoms. The van der Waals surface area contributed by atoms with Gasteiger partial charge in [0.25, 0.3) is 0 Å². The number of hydrogen-bond acceptors (Lipinski definition) is 2. The third kappa shape index (κ3) is 1.90. The summed E-state index contributed by atoms with van der Waals surface area (Å²) in [5.74, 6) is -2.66. The highest BCUT2D eigenvalue weighted by Gasteiger charge is 2.57. The molecule has 0 atom stereocenters. The lowest BCUT2D eigenvalue weighted by Crippen LogP contribution is -2.52. The van der Waals surface area contributed by atoms with Gasteiger partial charge in [-0.3, -0.25) is 4.98 Å². The minimum absolute atomic E-state index is 0.281. The first-order chi connectivity index (χ1) is 6.97. The monoisotopic (exact) mass is 277 g/mol. The second-order valence-corrected chi connectivity index (χ2v) is 4.93. The molecular formula is C10H10BrF2NO. The van der Waals surface area contributed by atoms with Crippen LogP contribution < -0.4 is 0 Å². The van der Waals surface area contributed by atoms with Crippen molar-refractivity contribution in [3.05, 3.63) is 28.5 Å². The van der Waals surface area contributed by atoms with Crippen LogP contribution in [0.2, 0.25) is 0 Å². The number of nitrogens with zero attached hydrogens (tertiary/aromatic N) is 1. The molecule has 1 aliphatic carbocycles. The van der Waals surface area contributed by atoms with Crippen LogP contribution in [0.5, 0.6) is 0 Å². The van der Waals surface area contributed by atoms with Crippen LogP contribution in [0, 0.1) is 0 Å². The Hall–Kier alpha value is -0.550. The summed E-state index contributed by atoms with van der Waals surface area (Å²) in [6, 6.07) is 3.42. The number of rotatable bonds is 2. The fraction of sp³-hybridized carbons (Fsp3) is 0.500. The summed E-state index contributed by atoms with van der Waals surface area (Å²) in [6.07, 6.45) is 0.930. The normalized spacial score (nSPS) is 22.1. The second-order valence-electron chi connectivity index (χ2n) is 4.01. The largest absolute Gasteiger partial charge is 0.395 e. The average molecular weight is 278 g/mol. The molecule has 1 heterocycles. The number of aliphatic hydroxyl groups excluding tert-OH is 1. The van der Waals surface area contributed by atoms with Crippen molar-refractivity contribution >= 4 is 15.9 Å². The maximum Gasteiger partial charge on any atom is 0.250 e. The van der Waals surface area contributed by atoms with E-state index < -0.39 is 11.3 Å². The molecule has 0 bridgehead atoms. The van der Waals surface area contributed by atoms with Gasteiger partial charge in [-0.2, -0.15) is 0 Å². The van der Waals surface area contributed by atoms with E-state index in [1.165, 1.54) is 0 Å². The lowest BCUT2D eigenvalue weighted by atomic mass is 9.64. The number of halogens is 3. The standard InChI is InChI=1S/C10H10BrF2NO/c11-7-1-2-8(14-3-7)9(6-15)4-10(12,13)5-9/h1-3,15H,4-6H2. The van der Waals surface area contributed by atoms with Crippen molar-refractivity contribution < 1.29 is 13.9 Å². The molecule has 0 radical (unpaired) electrons. The SMILES string of the molecule is OCC1(c2ccc(Br)cn2)CC(F)(F)C1. The number of aliphatic hydroxyl groups is 1. The van der Waals surface area contributed by atoms with E-state index in [9.17, 15) is 13.9 Å². The Morgan fingerprint density at radius 2 is 2.07 bits per heavy atom. The van der Waals surface area contributed by atoms with Gasteiger partial charge in [-0.25, -0.2) is 8.78 Å². The van der Waals surface area contributed by atoms with Gasteiger partial charge in [0.2, 0.25) is 5.92 Å². The Balaban J connectivity index is 2.25. The smallest absolute Gasteiger partial charge is 0.250 e. The van der Waals surface area contributed by atoms with E-state index in [2.05, 4.69) is 20.9 Å². The van der Waals surface area contributed by atoms with E-state index in [4.69, 9.17) is 0 Å². The molecule has 15 heavy (non-hydrogen) atoms. The molecule has 1 fully saturated rings. The maximum absolute atomic E-state index is 12.8. The van der Waals surface area contributed by atoms with E-state index in [0.717, 1.165) is 4.47 Å². The molecule has 82 valence electrons. The summed E-state index contributed by atoms with van der Waals surface area (Å²) in [6.45, 7) is -0.281. The third-order valence-electron chi connectivity index (χ3n) is 2.77. The number of alkyl halides is 2. The highest BCUT2D eigenvalue weighted by atomic mass is 79.9. The van der Waals surface area contributed by atoms with Crippen molar-refractivity contribution in [1.29, 1.82) is 0 Å². The summed E-state index contributed by atoms with van der Waals surface area (Å²) in [4.78, 5) is 4.07. The minimum atomic E-state index is -2.66. The summed E-state index contributed by atoms with van der Waals surface area (Å²) in [7, 11) is 0.